The molecule has 1 fully saturated rings. The third kappa shape index (κ3) is 3.94. The van der Waals surface area contributed by atoms with Crippen LogP contribution in [0.25, 0.3) is 0 Å². The molecule has 132 valence electrons. The molecule has 1 saturated carbocycles. The molecule has 1 aliphatic heterocycles. The lowest BCUT2D eigenvalue weighted by molar-refractivity contribution is -0.130. The lowest BCUT2D eigenvalue weighted by atomic mass is 9.86. The quantitative estimate of drug-likeness (QED) is 0.860. The fraction of sp³-hybridized carbons (Fsp3) is 0.765. The summed E-state index contributed by atoms with van der Waals surface area (Å²) < 4.78 is 1.81. The normalized spacial score (nSPS) is 18.1. The van der Waals surface area contributed by atoms with Gasteiger partial charge in [-0.3, -0.25) is 9.59 Å². The number of hydrogen-bond donors (Lipinski definition) is 1. The first-order valence-corrected chi connectivity index (χ1v) is 9.09. The minimum absolute atomic E-state index is 0.142. The number of carbonyl (C=O) groups is 2. The van der Waals surface area contributed by atoms with E-state index in [1.165, 1.54) is 38.5 Å². The van der Waals surface area contributed by atoms with Gasteiger partial charge < -0.3 is 14.8 Å². The Morgan fingerprint density at radius 1 is 1.29 bits per heavy atom. The van der Waals surface area contributed by atoms with Gasteiger partial charge in [0, 0.05) is 26.6 Å². The van der Waals surface area contributed by atoms with Gasteiger partial charge in [-0.1, -0.05) is 32.1 Å². The van der Waals surface area contributed by atoms with E-state index in [1.54, 1.807) is 11.9 Å². The zero-order chi connectivity index (χ0) is 16.9. The van der Waals surface area contributed by atoms with Crippen LogP contribution in [-0.2, 0) is 17.9 Å². The van der Waals surface area contributed by atoms with Gasteiger partial charge in [0.2, 0.25) is 11.7 Å². The van der Waals surface area contributed by atoms with Crippen LogP contribution in [0.5, 0.6) is 0 Å². The highest BCUT2D eigenvalue weighted by atomic mass is 16.2. The van der Waals surface area contributed by atoms with E-state index in [9.17, 15) is 9.59 Å². The first-order valence-electron chi connectivity index (χ1n) is 9.09. The fourth-order valence-corrected chi connectivity index (χ4v) is 3.72. The van der Waals surface area contributed by atoms with E-state index in [0.29, 0.717) is 37.7 Å². The Labute approximate surface area is 142 Å². The van der Waals surface area contributed by atoms with Gasteiger partial charge in [0.15, 0.2) is 5.82 Å². The van der Waals surface area contributed by atoms with Crippen molar-refractivity contribution in [1.82, 2.24) is 25.0 Å². The lowest BCUT2D eigenvalue weighted by Crippen LogP contribution is -2.37. The van der Waals surface area contributed by atoms with Crippen LogP contribution in [-0.4, -0.2) is 45.1 Å². The first-order chi connectivity index (χ1) is 11.6. The van der Waals surface area contributed by atoms with Crippen molar-refractivity contribution >= 4 is 11.8 Å². The second-order valence-electron chi connectivity index (χ2n) is 6.99. The number of carbonyl (C=O) groups excluding carboxylic acids is 2. The van der Waals surface area contributed by atoms with Crippen LogP contribution in [0, 0.1) is 5.92 Å². The molecule has 0 radical (unpaired) electrons. The van der Waals surface area contributed by atoms with Crippen LogP contribution in [0.1, 0.15) is 67.8 Å². The van der Waals surface area contributed by atoms with Crippen LogP contribution in [0.4, 0.5) is 0 Å². The molecule has 0 aromatic carbocycles. The van der Waals surface area contributed by atoms with Gasteiger partial charge in [0.25, 0.3) is 5.91 Å². The Balaban J connectivity index is 1.47. The van der Waals surface area contributed by atoms with E-state index in [0.717, 1.165) is 12.3 Å². The van der Waals surface area contributed by atoms with Gasteiger partial charge in [-0.2, -0.15) is 0 Å². The van der Waals surface area contributed by atoms with Crippen LogP contribution in [0.2, 0.25) is 0 Å². The average Bonchev–Trinajstić information content (AvgIpc) is 3.00. The molecule has 0 bridgehead atoms. The van der Waals surface area contributed by atoms with Crippen LogP contribution >= 0.6 is 0 Å². The van der Waals surface area contributed by atoms with Crippen molar-refractivity contribution in [3.63, 3.8) is 0 Å². The Morgan fingerprint density at radius 3 is 2.88 bits per heavy atom. The summed E-state index contributed by atoms with van der Waals surface area (Å²) in [6.07, 6.45) is 9.46. The largest absolute Gasteiger partial charge is 0.348 e. The van der Waals surface area contributed by atoms with Gasteiger partial charge in [0.1, 0.15) is 0 Å². The van der Waals surface area contributed by atoms with Gasteiger partial charge >= 0.3 is 0 Å². The van der Waals surface area contributed by atoms with Crippen molar-refractivity contribution in [3.8, 4) is 0 Å². The molecular weight excluding hydrogens is 306 g/mol. The summed E-state index contributed by atoms with van der Waals surface area (Å²) in [5, 5.41) is 10.8. The zero-order valence-electron chi connectivity index (χ0n) is 14.5. The van der Waals surface area contributed by atoms with Crippen LogP contribution in [0.3, 0.4) is 0 Å². The molecular formula is C17H27N5O2. The smallest absolute Gasteiger partial charge is 0.289 e. The number of hydrogen-bond acceptors (Lipinski definition) is 4. The highest BCUT2D eigenvalue weighted by Gasteiger charge is 2.23. The summed E-state index contributed by atoms with van der Waals surface area (Å²) in [4.78, 5) is 25.7. The maximum absolute atomic E-state index is 12.3. The number of aromatic nitrogens is 3. The summed E-state index contributed by atoms with van der Waals surface area (Å²) in [7, 11) is 1.80. The number of nitrogens with one attached hydrogen (secondary N) is 1. The van der Waals surface area contributed by atoms with E-state index in [1.807, 2.05) is 4.57 Å². The molecule has 0 atom stereocenters. The molecule has 2 heterocycles. The molecule has 1 aromatic rings. The summed E-state index contributed by atoms with van der Waals surface area (Å²) in [5.74, 6) is 1.79. The van der Waals surface area contributed by atoms with Crippen molar-refractivity contribution in [3.05, 3.63) is 11.6 Å². The first kappa shape index (κ1) is 16.9. The maximum atomic E-state index is 12.3. The van der Waals surface area contributed by atoms with Crippen molar-refractivity contribution in [2.45, 2.75) is 64.5 Å². The Morgan fingerprint density at radius 2 is 2.08 bits per heavy atom. The van der Waals surface area contributed by atoms with E-state index in [2.05, 4.69) is 15.5 Å². The Hall–Kier alpha value is -1.92. The number of nitrogens with zero attached hydrogens (tertiary/aromatic N) is 4. The van der Waals surface area contributed by atoms with Crippen LogP contribution < -0.4 is 5.32 Å². The van der Waals surface area contributed by atoms with Gasteiger partial charge in [-0.25, -0.2) is 0 Å². The average molecular weight is 333 g/mol. The van der Waals surface area contributed by atoms with Gasteiger partial charge in [-0.15, -0.1) is 10.2 Å². The van der Waals surface area contributed by atoms with Crippen molar-refractivity contribution < 1.29 is 9.59 Å². The Bertz CT molecular complexity index is 592. The third-order valence-corrected chi connectivity index (χ3v) is 5.18. The number of rotatable bonds is 6. The van der Waals surface area contributed by atoms with Gasteiger partial charge in [0.05, 0.1) is 6.54 Å². The predicted molar refractivity (Wildman–Crippen MR) is 89.3 cm³/mol. The monoisotopic (exact) mass is 333 g/mol. The highest BCUT2D eigenvalue weighted by Crippen LogP contribution is 2.27. The Kier molecular flexibility index (Phi) is 5.48. The SMILES string of the molecule is CN(Cc1nnc2n1CCNC2=O)C(=O)CCCC1CCCCC1. The second-order valence-corrected chi connectivity index (χ2v) is 6.99. The third-order valence-electron chi connectivity index (χ3n) is 5.18. The van der Waals surface area contributed by atoms with E-state index < -0.39 is 0 Å². The maximum Gasteiger partial charge on any atom is 0.289 e. The lowest BCUT2D eigenvalue weighted by Gasteiger charge is -2.22. The standard InChI is InChI=1S/C17H27N5O2/c1-21(15(23)9-5-8-13-6-3-2-4-7-13)12-14-19-20-16-17(24)18-10-11-22(14)16/h13H,2-12H2,1H3,(H,18,24). The molecule has 1 aromatic heterocycles. The van der Waals surface area contributed by atoms with Crippen molar-refractivity contribution in [1.29, 1.82) is 0 Å². The van der Waals surface area contributed by atoms with Crippen molar-refractivity contribution in [2.75, 3.05) is 13.6 Å². The highest BCUT2D eigenvalue weighted by molar-refractivity contribution is 5.91. The van der Waals surface area contributed by atoms with E-state index in [-0.39, 0.29) is 11.8 Å². The summed E-state index contributed by atoms with van der Waals surface area (Å²) in [6.45, 7) is 1.64. The number of amides is 2. The van der Waals surface area contributed by atoms with E-state index >= 15 is 0 Å². The summed E-state index contributed by atoms with van der Waals surface area (Å²) in [6, 6.07) is 0. The molecule has 0 saturated heterocycles. The molecule has 24 heavy (non-hydrogen) atoms. The minimum Gasteiger partial charge on any atom is -0.348 e. The minimum atomic E-state index is -0.193. The molecule has 1 N–H and O–H groups in total. The molecule has 7 nitrogen and oxygen atoms in total. The summed E-state index contributed by atoms with van der Waals surface area (Å²) in [5.41, 5.74) is 0. The topological polar surface area (TPSA) is 80.1 Å². The summed E-state index contributed by atoms with van der Waals surface area (Å²) >= 11 is 0. The number of fused-ring (bicyclic) bond motifs is 1. The molecule has 0 spiro atoms. The fourth-order valence-electron chi connectivity index (χ4n) is 3.72. The molecule has 7 heteroatoms. The molecule has 2 aliphatic rings. The second kappa shape index (κ2) is 7.77. The zero-order valence-corrected chi connectivity index (χ0v) is 14.5. The predicted octanol–water partition coefficient (Wildman–Crippen LogP) is 1.73. The van der Waals surface area contributed by atoms with Crippen LogP contribution in [0.15, 0.2) is 0 Å². The van der Waals surface area contributed by atoms with Crippen molar-refractivity contribution in [2.24, 2.45) is 5.92 Å². The molecule has 1 aliphatic carbocycles. The van der Waals surface area contributed by atoms with Gasteiger partial charge in [-0.05, 0) is 18.8 Å². The molecule has 0 unspecified atom stereocenters. The van der Waals surface area contributed by atoms with E-state index in [4.69, 9.17) is 0 Å². The molecule has 2 amide bonds. The molecule has 3 rings (SSSR count).